The number of carbonyl (C=O) groups is 1. The number of fused-ring (bicyclic) bond motifs is 1. The number of alkyl halides is 2. The predicted molar refractivity (Wildman–Crippen MR) is 83.5 cm³/mol. The molecule has 0 heterocycles. The molecule has 2 aliphatic carbocycles. The van der Waals surface area contributed by atoms with Gasteiger partial charge in [0.15, 0.2) is 5.54 Å². The van der Waals surface area contributed by atoms with Crippen LogP contribution in [0, 0.1) is 17.8 Å². The van der Waals surface area contributed by atoms with Crippen LogP contribution in [0.5, 0.6) is 0 Å². The van der Waals surface area contributed by atoms with Gasteiger partial charge in [-0.2, -0.15) is 0 Å². The summed E-state index contributed by atoms with van der Waals surface area (Å²) in [5, 5.41) is 3.76. The quantitative estimate of drug-likeness (QED) is 0.229. The minimum absolute atomic E-state index is 0.103. The van der Waals surface area contributed by atoms with Crippen molar-refractivity contribution in [1.29, 1.82) is 0 Å². The summed E-state index contributed by atoms with van der Waals surface area (Å²) >= 11 is 0. The summed E-state index contributed by atoms with van der Waals surface area (Å²) in [4.78, 5) is 15.2. The van der Waals surface area contributed by atoms with Crippen LogP contribution in [-0.4, -0.2) is 37.8 Å². The van der Waals surface area contributed by atoms with E-state index in [0.29, 0.717) is 13.0 Å². The molecule has 0 aromatic rings. The Kier molecular flexibility index (Phi) is 6.04. The number of halogens is 2. The maximum atomic E-state index is 13.8. The summed E-state index contributed by atoms with van der Waals surface area (Å²) in [6.07, 6.45) is 1.79. The highest BCUT2D eigenvalue weighted by Gasteiger charge is 2.61. The zero-order chi connectivity index (χ0) is 17.8. The van der Waals surface area contributed by atoms with E-state index in [9.17, 15) is 13.6 Å². The molecule has 136 valence electrons. The van der Waals surface area contributed by atoms with Crippen molar-refractivity contribution in [3.8, 4) is 0 Å². The third kappa shape index (κ3) is 3.64. The number of esters is 1. The fourth-order valence-electron chi connectivity index (χ4n) is 4.27. The highest BCUT2D eigenvalue weighted by Crippen LogP contribution is 2.56. The van der Waals surface area contributed by atoms with E-state index >= 15 is 0 Å². The Morgan fingerprint density at radius 2 is 2.17 bits per heavy atom. The molecule has 6 nitrogen and oxygen atoms in total. The van der Waals surface area contributed by atoms with Gasteiger partial charge in [-0.3, -0.25) is 4.79 Å². The van der Waals surface area contributed by atoms with Crippen molar-refractivity contribution in [3.05, 3.63) is 10.4 Å². The Morgan fingerprint density at radius 1 is 1.42 bits per heavy atom. The van der Waals surface area contributed by atoms with Crippen LogP contribution >= 0.6 is 0 Å². The SMILES string of the molecule is CCCCOC[C@H]1[C@@H]2CCC(F)(F)C[C@H]2CC1(N=[N+]=[N-])C(=O)OC. The average molecular weight is 345 g/mol. The Bertz CT molecular complexity index is 511. The minimum Gasteiger partial charge on any atom is -0.468 e. The van der Waals surface area contributed by atoms with Crippen molar-refractivity contribution in [1.82, 2.24) is 0 Å². The fraction of sp³-hybridized carbons (Fsp3) is 0.938. The first-order valence-corrected chi connectivity index (χ1v) is 8.50. The van der Waals surface area contributed by atoms with Gasteiger partial charge in [0.2, 0.25) is 5.92 Å². The zero-order valence-corrected chi connectivity index (χ0v) is 14.2. The van der Waals surface area contributed by atoms with Gasteiger partial charge in [-0.1, -0.05) is 18.5 Å². The number of nitrogens with zero attached hydrogens (tertiary/aromatic N) is 3. The maximum Gasteiger partial charge on any atom is 0.318 e. The summed E-state index contributed by atoms with van der Waals surface area (Å²) in [5.74, 6) is -4.27. The van der Waals surface area contributed by atoms with Crippen molar-refractivity contribution in [2.75, 3.05) is 20.3 Å². The van der Waals surface area contributed by atoms with E-state index in [2.05, 4.69) is 10.0 Å². The van der Waals surface area contributed by atoms with Crippen LogP contribution in [0.1, 0.15) is 45.4 Å². The number of rotatable bonds is 7. The van der Waals surface area contributed by atoms with Gasteiger partial charge in [0, 0.05) is 30.3 Å². The molecular weight excluding hydrogens is 320 g/mol. The lowest BCUT2D eigenvalue weighted by molar-refractivity contribution is -0.150. The molecule has 2 aliphatic rings. The normalized spacial score (nSPS) is 34.2. The topological polar surface area (TPSA) is 84.3 Å². The Morgan fingerprint density at radius 3 is 2.79 bits per heavy atom. The molecule has 0 amide bonds. The van der Waals surface area contributed by atoms with Gasteiger partial charge in [-0.15, -0.1) is 0 Å². The minimum atomic E-state index is -2.72. The van der Waals surface area contributed by atoms with Gasteiger partial charge in [-0.25, -0.2) is 8.78 Å². The van der Waals surface area contributed by atoms with Crippen LogP contribution in [0.15, 0.2) is 5.11 Å². The summed E-state index contributed by atoms with van der Waals surface area (Å²) in [6.45, 7) is 2.80. The summed E-state index contributed by atoms with van der Waals surface area (Å²) in [6, 6.07) is 0. The lowest BCUT2D eigenvalue weighted by Gasteiger charge is -2.35. The second-order valence-electron chi connectivity index (χ2n) is 6.87. The number of carbonyl (C=O) groups excluding carboxylic acids is 1. The third-order valence-electron chi connectivity index (χ3n) is 5.42. The molecular formula is C16H25F2N3O3. The van der Waals surface area contributed by atoms with Crippen LogP contribution in [0.3, 0.4) is 0 Å². The maximum absolute atomic E-state index is 13.8. The Hall–Kier alpha value is -1.40. The van der Waals surface area contributed by atoms with Crippen LogP contribution in [0.2, 0.25) is 0 Å². The smallest absolute Gasteiger partial charge is 0.318 e. The van der Waals surface area contributed by atoms with Crippen LogP contribution in [0.25, 0.3) is 10.4 Å². The molecule has 0 spiro atoms. The highest BCUT2D eigenvalue weighted by atomic mass is 19.3. The molecule has 2 saturated carbocycles. The number of azide groups is 1. The lowest BCUT2D eigenvalue weighted by atomic mass is 9.75. The van der Waals surface area contributed by atoms with E-state index in [1.807, 2.05) is 6.92 Å². The number of hydrogen-bond acceptors (Lipinski definition) is 4. The van der Waals surface area contributed by atoms with Crippen molar-refractivity contribution < 1.29 is 23.0 Å². The van der Waals surface area contributed by atoms with E-state index in [0.717, 1.165) is 12.8 Å². The standard InChI is InChI=1S/C16H25F2N3O3/c1-3-4-7-24-10-13-12-5-6-15(17,18)8-11(12)9-16(13,20-21-19)14(22)23-2/h11-13H,3-10H2,1-2H3/t11-,12+,13-,16?/m0/s1. The summed E-state index contributed by atoms with van der Waals surface area (Å²) in [7, 11) is 1.22. The molecule has 0 aliphatic heterocycles. The largest absolute Gasteiger partial charge is 0.468 e. The van der Waals surface area contributed by atoms with Gasteiger partial charge < -0.3 is 9.47 Å². The lowest BCUT2D eigenvalue weighted by Crippen LogP contribution is -2.45. The molecule has 0 aromatic heterocycles. The average Bonchev–Trinajstić information content (AvgIpc) is 2.83. The Labute approximate surface area is 140 Å². The number of methoxy groups -OCH3 is 1. The van der Waals surface area contributed by atoms with Crippen molar-refractivity contribution in [3.63, 3.8) is 0 Å². The summed E-state index contributed by atoms with van der Waals surface area (Å²) in [5.41, 5.74) is 7.52. The number of unbranched alkanes of at least 4 members (excludes halogenated alkanes) is 1. The molecule has 0 aromatic carbocycles. The van der Waals surface area contributed by atoms with E-state index in [1.54, 1.807) is 0 Å². The van der Waals surface area contributed by atoms with Gasteiger partial charge >= 0.3 is 5.97 Å². The van der Waals surface area contributed by atoms with Crippen LogP contribution in [0.4, 0.5) is 8.78 Å². The van der Waals surface area contributed by atoms with Crippen molar-refractivity contribution in [2.24, 2.45) is 22.9 Å². The molecule has 0 N–H and O–H groups in total. The van der Waals surface area contributed by atoms with Gasteiger partial charge in [-0.05, 0) is 36.6 Å². The third-order valence-corrected chi connectivity index (χ3v) is 5.42. The van der Waals surface area contributed by atoms with Crippen LogP contribution < -0.4 is 0 Å². The molecule has 4 atom stereocenters. The molecule has 0 bridgehead atoms. The molecule has 1 unspecified atom stereocenters. The van der Waals surface area contributed by atoms with E-state index in [1.165, 1.54) is 7.11 Å². The zero-order valence-electron chi connectivity index (χ0n) is 14.2. The van der Waals surface area contributed by atoms with Gasteiger partial charge in [0.05, 0.1) is 13.7 Å². The van der Waals surface area contributed by atoms with Crippen molar-refractivity contribution in [2.45, 2.75) is 56.9 Å². The molecule has 24 heavy (non-hydrogen) atoms. The van der Waals surface area contributed by atoms with E-state index in [-0.39, 0.29) is 37.7 Å². The van der Waals surface area contributed by atoms with E-state index < -0.39 is 23.3 Å². The number of hydrogen-bond donors (Lipinski definition) is 0. The highest BCUT2D eigenvalue weighted by molar-refractivity contribution is 5.82. The van der Waals surface area contributed by atoms with E-state index in [4.69, 9.17) is 15.0 Å². The molecule has 0 radical (unpaired) electrons. The van der Waals surface area contributed by atoms with Crippen LogP contribution in [-0.2, 0) is 14.3 Å². The summed E-state index contributed by atoms with van der Waals surface area (Å²) < 4.78 is 38.1. The first-order valence-electron chi connectivity index (χ1n) is 8.50. The van der Waals surface area contributed by atoms with Crippen molar-refractivity contribution >= 4 is 5.97 Å². The Balaban J connectivity index is 2.27. The first-order chi connectivity index (χ1) is 11.4. The second-order valence-corrected chi connectivity index (χ2v) is 6.87. The van der Waals surface area contributed by atoms with Gasteiger partial charge in [0.25, 0.3) is 0 Å². The molecule has 2 fully saturated rings. The number of ether oxygens (including phenoxy) is 2. The second kappa shape index (κ2) is 7.66. The molecule has 0 saturated heterocycles. The monoisotopic (exact) mass is 345 g/mol. The molecule has 8 heteroatoms. The predicted octanol–water partition coefficient (Wildman–Crippen LogP) is 4.10. The van der Waals surface area contributed by atoms with Gasteiger partial charge in [0.1, 0.15) is 0 Å². The first kappa shape index (κ1) is 18.9. The molecule has 2 rings (SSSR count). The fourth-order valence-corrected chi connectivity index (χ4v) is 4.27.